The van der Waals surface area contributed by atoms with Gasteiger partial charge >= 0.3 is 5.97 Å². The topological polar surface area (TPSA) is 123 Å². The highest BCUT2D eigenvalue weighted by atomic mass is 16.5. The summed E-state index contributed by atoms with van der Waals surface area (Å²) in [6, 6.07) is 5.68. The molecule has 0 aliphatic carbocycles. The van der Waals surface area contributed by atoms with Gasteiger partial charge in [0.05, 0.1) is 13.0 Å². The number of ether oxygens (including phenoxy) is 1. The van der Waals surface area contributed by atoms with E-state index in [1.165, 1.54) is 0 Å². The van der Waals surface area contributed by atoms with Gasteiger partial charge in [0.1, 0.15) is 5.82 Å². The van der Waals surface area contributed by atoms with Crippen molar-refractivity contribution >= 4 is 17.7 Å². The van der Waals surface area contributed by atoms with Crippen LogP contribution in [0.15, 0.2) is 24.4 Å². The number of nitrogen functional groups attached to an aromatic ring is 1. The highest BCUT2D eigenvalue weighted by Crippen LogP contribution is 2.27. The van der Waals surface area contributed by atoms with Crippen LogP contribution < -0.4 is 15.8 Å². The molecule has 0 aliphatic heterocycles. The van der Waals surface area contributed by atoms with Crippen LogP contribution >= 0.6 is 0 Å². The van der Waals surface area contributed by atoms with E-state index < -0.39 is 5.97 Å². The number of rotatable bonds is 14. The first-order valence-electron chi connectivity index (χ1n) is 10.7. The minimum atomic E-state index is -0.785. The monoisotopic (exact) mass is 415 g/mol. The predicted octanol–water partition coefficient (Wildman–Crippen LogP) is 4.04. The van der Waals surface area contributed by atoms with Gasteiger partial charge in [0, 0.05) is 30.6 Å². The number of carboxylic acid groups (broad SMARTS) is 1. The highest BCUT2D eigenvalue weighted by molar-refractivity contribution is 5.68. The largest absolute Gasteiger partial charge is 0.481 e. The second-order valence-corrected chi connectivity index (χ2v) is 7.24. The molecule has 8 heteroatoms. The number of carbonyl (C=O) groups is 1. The fourth-order valence-corrected chi connectivity index (χ4v) is 3.43. The van der Waals surface area contributed by atoms with Crippen LogP contribution in [0.5, 0.6) is 5.88 Å². The molecule has 0 bridgehead atoms. The number of aryl methyl sites for hydroxylation is 1. The molecule has 2 aromatic heterocycles. The molecule has 0 unspecified atom stereocenters. The summed E-state index contributed by atoms with van der Waals surface area (Å²) in [6.07, 6.45) is 7.61. The zero-order chi connectivity index (χ0) is 21.8. The summed E-state index contributed by atoms with van der Waals surface area (Å²) in [6.45, 7) is 5.27. The zero-order valence-electron chi connectivity index (χ0n) is 17.9. The molecule has 30 heavy (non-hydrogen) atoms. The molecule has 2 rings (SSSR count). The van der Waals surface area contributed by atoms with Crippen LogP contribution in [0.4, 0.5) is 11.8 Å². The smallest absolute Gasteiger partial charge is 0.303 e. The fourth-order valence-electron chi connectivity index (χ4n) is 3.43. The van der Waals surface area contributed by atoms with E-state index in [1.807, 2.05) is 32.0 Å². The van der Waals surface area contributed by atoms with E-state index >= 15 is 0 Å². The molecule has 0 radical (unpaired) electrons. The van der Waals surface area contributed by atoms with Crippen molar-refractivity contribution in [2.75, 3.05) is 24.2 Å². The molecule has 0 amide bonds. The number of nitrogens with two attached hydrogens (primary N) is 1. The van der Waals surface area contributed by atoms with Gasteiger partial charge in [-0.1, -0.05) is 25.3 Å². The molecule has 2 aromatic rings. The Bertz CT molecular complexity index is 783. The standard InChI is InChI=1S/C22H33N5O3/c1-3-24-19-14-18(26-22(23)27-19)10-8-6-5-7-9-16(13-21(28)29)17-11-12-20(25-15-17)30-4-2/h11-12,14-16H,3-10,13H2,1-2H3,(H,28,29)(H3,23,24,26,27)/t16-/m0/s1. The quantitative estimate of drug-likeness (QED) is 0.395. The van der Waals surface area contributed by atoms with E-state index in [1.54, 1.807) is 6.20 Å². The Morgan fingerprint density at radius 3 is 2.67 bits per heavy atom. The number of unbranched alkanes of at least 4 members (excludes halogenated alkanes) is 3. The van der Waals surface area contributed by atoms with Crippen molar-refractivity contribution in [1.82, 2.24) is 15.0 Å². The summed E-state index contributed by atoms with van der Waals surface area (Å²) < 4.78 is 5.36. The highest BCUT2D eigenvalue weighted by Gasteiger charge is 2.16. The summed E-state index contributed by atoms with van der Waals surface area (Å²) in [7, 11) is 0. The van der Waals surface area contributed by atoms with Crippen LogP contribution in [0.3, 0.4) is 0 Å². The molecule has 164 valence electrons. The molecular formula is C22H33N5O3. The fraction of sp³-hybridized carbons (Fsp3) is 0.545. The van der Waals surface area contributed by atoms with Crippen LogP contribution in [0.1, 0.15) is 69.5 Å². The lowest BCUT2D eigenvalue weighted by Gasteiger charge is -2.15. The first kappa shape index (κ1) is 23.4. The molecule has 2 heterocycles. The van der Waals surface area contributed by atoms with Crippen molar-refractivity contribution in [2.45, 2.75) is 64.7 Å². The number of carboxylic acids is 1. The molecule has 1 atom stereocenters. The minimum absolute atomic E-state index is 0.0324. The average Bonchev–Trinajstić information content (AvgIpc) is 2.70. The molecule has 0 saturated heterocycles. The van der Waals surface area contributed by atoms with E-state index in [-0.39, 0.29) is 12.3 Å². The number of aliphatic carboxylic acids is 1. The third kappa shape index (κ3) is 8.23. The van der Waals surface area contributed by atoms with E-state index in [0.717, 1.165) is 62.1 Å². The summed E-state index contributed by atoms with van der Waals surface area (Å²) >= 11 is 0. The van der Waals surface area contributed by atoms with Crippen molar-refractivity contribution in [3.8, 4) is 5.88 Å². The molecule has 0 aromatic carbocycles. The molecule has 4 N–H and O–H groups in total. The van der Waals surface area contributed by atoms with E-state index in [2.05, 4.69) is 20.3 Å². The van der Waals surface area contributed by atoms with Gasteiger partial charge in [-0.3, -0.25) is 4.79 Å². The second-order valence-electron chi connectivity index (χ2n) is 7.24. The van der Waals surface area contributed by atoms with Gasteiger partial charge in [-0.15, -0.1) is 0 Å². The van der Waals surface area contributed by atoms with E-state index in [9.17, 15) is 9.90 Å². The van der Waals surface area contributed by atoms with E-state index in [4.69, 9.17) is 10.5 Å². The van der Waals surface area contributed by atoms with Crippen LogP contribution in [0.2, 0.25) is 0 Å². The van der Waals surface area contributed by atoms with E-state index in [0.29, 0.717) is 18.4 Å². The Morgan fingerprint density at radius 2 is 2.00 bits per heavy atom. The maximum Gasteiger partial charge on any atom is 0.303 e. The molecule has 0 spiro atoms. The zero-order valence-corrected chi connectivity index (χ0v) is 17.9. The number of anilines is 2. The molecular weight excluding hydrogens is 382 g/mol. The molecule has 0 saturated carbocycles. The summed E-state index contributed by atoms with van der Waals surface area (Å²) in [5.74, 6) is 0.809. The Hall–Kier alpha value is -2.90. The van der Waals surface area contributed by atoms with Crippen molar-refractivity contribution in [2.24, 2.45) is 0 Å². The Labute approximate surface area is 178 Å². The maximum atomic E-state index is 11.3. The SMILES string of the molecule is CCNc1cc(CCCCCC[C@@H](CC(=O)O)c2ccc(OCC)nc2)nc(N)n1. The van der Waals surface area contributed by atoms with Gasteiger partial charge in [-0.05, 0) is 44.6 Å². The van der Waals surface area contributed by atoms with Crippen LogP contribution in [0.25, 0.3) is 0 Å². The van der Waals surface area contributed by atoms with Crippen molar-refractivity contribution in [3.63, 3.8) is 0 Å². The van der Waals surface area contributed by atoms with Crippen molar-refractivity contribution in [3.05, 3.63) is 35.7 Å². The molecule has 8 nitrogen and oxygen atoms in total. The number of hydrogen-bond donors (Lipinski definition) is 3. The molecule has 0 aliphatic rings. The minimum Gasteiger partial charge on any atom is -0.481 e. The maximum absolute atomic E-state index is 11.3. The first-order valence-corrected chi connectivity index (χ1v) is 10.7. The summed E-state index contributed by atoms with van der Waals surface area (Å²) in [5, 5.41) is 12.4. The average molecular weight is 416 g/mol. The third-order valence-electron chi connectivity index (χ3n) is 4.83. The number of nitrogens with zero attached hydrogens (tertiary/aromatic N) is 3. The van der Waals surface area contributed by atoms with Crippen molar-refractivity contribution in [1.29, 1.82) is 0 Å². The Kier molecular flexibility index (Phi) is 9.83. The van der Waals surface area contributed by atoms with Gasteiger partial charge in [0.25, 0.3) is 0 Å². The summed E-state index contributed by atoms with van der Waals surface area (Å²) in [4.78, 5) is 24.0. The normalized spacial score (nSPS) is 11.8. The van der Waals surface area contributed by atoms with Crippen LogP contribution in [0, 0.1) is 0 Å². The number of pyridine rings is 1. The Balaban J connectivity index is 1.78. The van der Waals surface area contributed by atoms with Gasteiger partial charge in [0.2, 0.25) is 11.8 Å². The second kappa shape index (κ2) is 12.6. The van der Waals surface area contributed by atoms with Gasteiger partial charge in [-0.2, -0.15) is 4.98 Å². The van der Waals surface area contributed by atoms with Gasteiger partial charge in [-0.25, -0.2) is 9.97 Å². The number of aromatic nitrogens is 3. The van der Waals surface area contributed by atoms with Crippen molar-refractivity contribution < 1.29 is 14.6 Å². The van der Waals surface area contributed by atoms with Crippen LogP contribution in [-0.4, -0.2) is 39.2 Å². The lowest BCUT2D eigenvalue weighted by Crippen LogP contribution is -2.07. The van der Waals surface area contributed by atoms with Crippen LogP contribution in [-0.2, 0) is 11.2 Å². The summed E-state index contributed by atoms with van der Waals surface area (Å²) in [5.41, 5.74) is 7.67. The lowest BCUT2D eigenvalue weighted by atomic mass is 9.91. The first-order chi connectivity index (χ1) is 14.5. The molecule has 0 fully saturated rings. The number of hydrogen-bond acceptors (Lipinski definition) is 7. The van der Waals surface area contributed by atoms with Gasteiger partial charge in [0.15, 0.2) is 0 Å². The lowest BCUT2D eigenvalue weighted by molar-refractivity contribution is -0.137. The number of nitrogens with one attached hydrogen (secondary N) is 1. The van der Waals surface area contributed by atoms with Gasteiger partial charge < -0.3 is 20.9 Å². The third-order valence-corrected chi connectivity index (χ3v) is 4.83. The Morgan fingerprint density at radius 1 is 1.20 bits per heavy atom. The predicted molar refractivity (Wildman–Crippen MR) is 118 cm³/mol.